The molecule has 0 amide bonds. The van der Waals surface area contributed by atoms with Crippen molar-refractivity contribution in [2.45, 2.75) is 47.6 Å². The zero-order valence-electron chi connectivity index (χ0n) is 13.2. The average Bonchev–Trinajstić information content (AvgIpc) is 2.61. The number of carbonyl (C=O) groups excluding carboxylic acids is 1. The molecule has 0 aliphatic carbocycles. The second-order valence-corrected chi connectivity index (χ2v) is 8.34. The Balaban J connectivity index is 2.28. The quantitative estimate of drug-likeness (QED) is 0.867. The molecule has 2 rings (SSSR count). The molecule has 0 radical (unpaired) electrons. The van der Waals surface area contributed by atoms with E-state index in [0.717, 1.165) is 31.6 Å². The fraction of sp³-hybridized carbons (Fsp3) is 0.688. The molecule has 0 unspecified atom stereocenters. The van der Waals surface area contributed by atoms with E-state index in [0.29, 0.717) is 10.9 Å². The maximum atomic E-state index is 12.6. The summed E-state index contributed by atoms with van der Waals surface area (Å²) in [7, 11) is 0. The number of hydrogen-bond donors (Lipinski definition) is 1. The van der Waals surface area contributed by atoms with E-state index in [4.69, 9.17) is 5.73 Å². The molecule has 1 aromatic heterocycles. The number of nitrogens with two attached hydrogens (primary N) is 1. The summed E-state index contributed by atoms with van der Waals surface area (Å²) >= 11 is 1.61. The molecule has 0 atom stereocenters. The summed E-state index contributed by atoms with van der Waals surface area (Å²) in [6.45, 7) is 13.5. The Morgan fingerprint density at radius 1 is 1.40 bits per heavy atom. The Bertz CT molecular complexity index is 511. The number of nitrogens with zero attached hydrogens (tertiary/aromatic N) is 1. The molecule has 2 N–H and O–H groups in total. The van der Waals surface area contributed by atoms with Crippen molar-refractivity contribution in [1.82, 2.24) is 4.90 Å². The van der Waals surface area contributed by atoms with Crippen molar-refractivity contribution in [1.29, 1.82) is 0 Å². The molecule has 0 spiro atoms. The van der Waals surface area contributed by atoms with E-state index in [1.807, 2.05) is 20.8 Å². The van der Waals surface area contributed by atoms with Crippen molar-refractivity contribution in [3.05, 3.63) is 16.0 Å². The van der Waals surface area contributed by atoms with Gasteiger partial charge in [-0.05, 0) is 17.9 Å². The first-order valence-electron chi connectivity index (χ1n) is 7.37. The van der Waals surface area contributed by atoms with Crippen LogP contribution >= 0.6 is 11.3 Å². The maximum Gasteiger partial charge on any atom is 0.171 e. The second kappa shape index (κ2) is 5.49. The summed E-state index contributed by atoms with van der Waals surface area (Å²) in [5.41, 5.74) is 7.80. The van der Waals surface area contributed by atoms with Gasteiger partial charge in [-0.1, -0.05) is 34.6 Å². The molecule has 0 aromatic carbocycles. The highest BCUT2D eigenvalue weighted by Gasteiger charge is 2.32. The van der Waals surface area contributed by atoms with E-state index in [2.05, 4.69) is 18.7 Å². The first-order chi connectivity index (χ1) is 9.20. The number of ketones is 1. The van der Waals surface area contributed by atoms with Crippen molar-refractivity contribution in [2.24, 2.45) is 11.3 Å². The monoisotopic (exact) mass is 294 g/mol. The fourth-order valence-electron chi connectivity index (χ4n) is 2.77. The first kappa shape index (κ1) is 15.5. The van der Waals surface area contributed by atoms with E-state index in [1.165, 1.54) is 10.4 Å². The number of hydrogen-bond acceptors (Lipinski definition) is 4. The van der Waals surface area contributed by atoms with E-state index >= 15 is 0 Å². The molecule has 1 aromatic rings. The number of nitrogen functional groups attached to an aromatic ring is 1. The highest BCUT2D eigenvalue weighted by molar-refractivity contribution is 7.16. The highest BCUT2D eigenvalue weighted by Crippen LogP contribution is 2.38. The van der Waals surface area contributed by atoms with Gasteiger partial charge in [0.1, 0.15) is 0 Å². The van der Waals surface area contributed by atoms with E-state index < -0.39 is 0 Å². The Labute approximate surface area is 126 Å². The first-order valence-corrected chi connectivity index (χ1v) is 8.19. The predicted octanol–water partition coefficient (Wildman–Crippen LogP) is 3.57. The molecule has 4 heteroatoms. The standard InChI is InChI=1S/C16H26N2OS/c1-10(2)8-18-7-6-11-12(9-18)20-15(17)13(11)14(19)16(3,4)5/h10H,6-9,17H2,1-5H3. The number of carbonyl (C=O) groups is 1. The second-order valence-electron chi connectivity index (χ2n) is 7.20. The molecule has 3 nitrogen and oxygen atoms in total. The van der Waals surface area contributed by atoms with Gasteiger partial charge in [-0.2, -0.15) is 0 Å². The number of thiophene rings is 1. The lowest BCUT2D eigenvalue weighted by Gasteiger charge is -2.29. The van der Waals surface area contributed by atoms with Gasteiger partial charge < -0.3 is 5.73 Å². The largest absolute Gasteiger partial charge is 0.390 e. The highest BCUT2D eigenvalue weighted by atomic mass is 32.1. The van der Waals surface area contributed by atoms with Crippen LogP contribution in [0.4, 0.5) is 5.00 Å². The Hall–Kier alpha value is -0.870. The number of Topliss-reactive ketones (excluding diaryl/α,β-unsaturated/α-hetero) is 1. The molecule has 20 heavy (non-hydrogen) atoms. The molecule has 0 saturated carbocycles. The van der Waals surface area contributed by atoms with Crippen LogP contribution in [0.2, 0.25) is 0 Å². The van der Waals surface area contributed by atoms with Gasteiger partial charge in [0, 0.05) is 29.9 Å². The molecule has 112 valence electrons. The fourth-order valence-corrected chi connectivity index (χ4v) is 3.93. The zero-order chi connectivity index (χ0) is 15.1. The van der Waals surface area contributed by atoms with E-state index in [1.54, 1.807) is 11.3 Å². The lowest BCUT2D eigenvalue weighted by atomic mass is 9.84. The molecule has 1 aliphatic heterocycles. The summed E-state index contributed by atoms with van der Waals surface area (Å²) < 4.78 is 0. The van der Waals surface area contributed by atoms with Crippen LogP contribution in [-0.2, 0) is 13.0 Å². The topological polar surface area (TPSA) is 46.3 Å². The van der Waals surface area contributed by atoms with E-state index in [-0.39, 0.29) is 11.2 Å². The van der Waals surface area contributed by atoms with Gasteiger partial charge in [0.25, 0.3) is 0 Å². The summed E-state index contributed by atoms with van der Waals surface area (Å²) in [5, 5.41) is 0.710. The Kier molecular flexibility index (Phi) is 4.26. The maximum absolute atomic E-state index is 12.6. The number of anilines is 1. The van der Waals surface area contributed by atoms with Crippen molar-refractivity contribution in [3.8, 4) is 0 Å². The minimum absolute atomic E-state index is 0.185. The van der Waals surface area contributed by atoms with Crippen LogP contribution in [0.15, 0.2) is 0 Å². The van der Waals surface area contributed by atoms with Crippen molar-refractivity contribution in [2.75, 3.05) is 18.8 Å². The zero-order valence-corrected chi connectivity index (χ0v) is 14.1. The number of rotatable bonds is 3. The van der Waals surface area contributed by atoms with Gasteiger partial charge in [0.2, 0.25) is 0 Å². The smallest absolute Gasteiger partial charge is 0.171 e. The van der Waals surface area contributed by atoms with Gasteiger partial charge in [0.15, 0.2) is 5.78 Å². The molecule has 2 heterocycles. The third kappa shape index (κ3) is 3.07. The van der Waals surface area contributed by atoms with Crippen LogP contribution in [0, 0.1) is 11.3 Å². The molecule has 0 fully saturated rings. The van der Waals surface area contributed by atoms with Crippen molar-refractivity contribution >= 4 is 22.1 Å². The van der Waals surface area contributed by atoms with Crippen molar-refractivity contribution in [3.63, 3.8) is 0 Å². The summed E-state index contributed by atoms with van der Waals surface area (Å²) in [5.74, 6) is 0.856. The molecule has 0 bridgehead atoms. The van der Waals surface area contributed by atoms with Crippen LogP contribution in [0.3, 0.4) is 0 Å². The SMILES string of the molecule is CC(C)CN1CCc2c(sc(N)c2C(=O)C(C)(C)C)C1. The van der Waals surface area contributed by atoms with Gasteiger partial charge in [-0.15, -0.1) is 11.3 Å². The van der Waals surface area contributed by atoms with Gasteiger partial charge in [-0.25, -0.2) is 0 Å². The minimum Gasteiger partial charge on any atom is -0.390 e. The van der Waals surface area contributed by atoms with Gasteiger partial charge in [0.05, 0.1) is 10.6 Å². The van der Waals surface area contributed by atoms with E-state index in [9.17, 15) is 4.79 Å². The van der Waals surface area contributed by atoms with Crippen LogP contribution < -0.4 is 5.73 Å². The summed E-state index contributed by atoms with van der Waals surface area (Å²) in [6.07, 6.45) is 0.951. The van der Waals surface area contributed by atoms with Crippen LogP contribution in [0.5, 0.6) is 0 Å². The molecule has 0 saturated heterocycles. The summed E-state index contributed by atoms with van der Waals surface area (Å²) in [6, 6.07) is 0. The van der Waals surface area contributed by atoms with Crippen LogP contribution in [-0.4, -0.2) is 23.8 Å². The molecule has 1 aliphatic rings. The average molecular weight is 294 g/mol. The molecular weight excluding hydrogens is 268 g/mol. The van der Waals surface area contributed by atoms with Gasteiger partial charge in [-0.3, -0.25) is 9.69 Å². The minimum atomic E-state index is -0.363. The Morgan fingerprint density at radius 2 is 2.05 bits per heavy atom. The van der Waals surface area contributed by atoms with Crippen molar-refractivity contribution < 1.29 is 4.79 Å². The molecular formula is C16H26N2OS. The summed E-state index contributed by atoms with van der Waals surface area (Å²) in [4.78, 5) is 16.4. The lowest BCUT2D eigenvalue weighted by Crippen LogP contribution is -2.33. The lowest BCUT2D eigenvalue weighted by molar-refractivity contribution is 0.0858. The van der Waals surface area contributed by atoms with Crippen LogP contribution in [0.25, 0.3) is 0 Å². The normalized spacial score (nSPS) is 16.5. The predicted molar refractivity (Wildman–Crippen MR) is 86.3 cm³/mol. The third-order valence-corrected chi connectivity index (χ3v) is 4.74. The van der Waals surface area contributed by atoms with Crippen LogP contribution in [0.1, 0.15) is 55.4 Å². The number of fused-ring (bicyclic) bond motifs is 1. The third-order valence-electron chi connectivity index (χ3n) is 3.69. The Morgan fingerprint density at radius 3 is 2.60 bits per heavy atom. The van der Waals surface area contributed by atoms with Gasteiger partial charge >= 0.3 is 0 Å².